The van der Waals surface area contributed by atoms with E-state index < -0.39 is 10.0 Å². The molecule has 0 bridgehead atoms. The molecular formula is C14H22N2O4S. The van der Waals surface area contributed by atoms with Gasteiger partial charge in [-0.3, -0.25) is 4.79 Å². The fourth-order valence-corrected chi connectivity index (χ4v) is 2.76. The van der Waals surface area contributed by atoms with E-state index in [0.29, 0.717) is 0 Å². The number of hydrogen-bond acceptors (Lipinski definition) is 4. The second kappa shape index (κ2) is 6.91. The lowest BCUT2D eigenvalue weighted by Crippen LogP contribution is -2.38. The number of benzene rings is 1. The van der Waals surface area contributed by atoms with Crippen molar-refractivity contribution in [3.63, 3.8) is 0 Å². The van der Waals surface area contributed by atoms with Gasteiger partial charge in [0.15, 0.2) is 0 Å². The van der Waals surface area contributed by atoms with Gasteiger partial charge in [0.1, 0.15) is 10.6 Å². The maximum atomic E-state index is 12.2. The van der Waals surface area contributed by atoms with Crippen LogP contribution in [0.1, 0.15) is 37.6 Å². The molecule has 0 aliphatic heterocycles. The van der Waals surface area contributed by atoms with Crippen molar-refractivity contribution in [1.29, 1.82) is 0 Å². The van der Waals surface area contributed by atoms with Crippen LogP contribution in [0.5, 0.6) is 5.75 Å². The Hall–Kier alpha value is -1.60. The second-order valence-corrected chi connectivity index (χ2v) is 6.67. The zero-order chi connectivity index (χ0) is 16.2. The van der Waals surface area contributed by atoms with E-state index in [4.69, 9.17) is 9.88 Å². The zero-order valence-electron chi connectivity index (χ0n) is 12.7. The normalized spacial score (nSPS) is 13.0. The molecule has 6 nitrogen and oxygen atoms in total. The number of ether oxygens (including phenoxy) is 1. The number of methoxy groups -OCH3 is 1. The summed E-state index contributed by atoms with van der Waals surface area (Å²) in [5.41, 5.74) is 0.235. The third-order valence-corrected chi connectivity index (χ3v) is 4.23. The maximum Gasteiger partial charge on any atom is 0.251 e. The van der Waals surface area contributed by atoms with Crippen molar-refractivity contribution in [3.8, 4) is 5.75 Å². The second-order valence-electron chi connectivity index (χ2n) is 5.14. The van der Waals surface area contributed by atoms with Gasteiger partial charge in [-0.05, 0) is 30.5 Å². The number of nitrogens with two attached hydrogens (primary N) is 1. The number of sulfonamides is 1. The van der Waals surface area contributed by atoms with Crippen molar-refractivity contribution in [2.45, 2.75) is 38.1 Å². The molecule has 7 heteroatoms. The highest BCUT2D eigenvalue weighted by atomic mass is 32.2. The van der Waals surface area contributed by atoms with Gasteiger partial charge < -0.3 is 10.1 Å². The third kappa shape index (κ3) is 4.44. The van der Waals surface area contributed by atoms with Crippen molar-refractivity contribution >= 4 is 15.9 Å². The van der Waals surface area contributed by atoms with Crippen LogP contribution in [0.25, 0.3) is 0 Å². The molecule has 0 aromatic heterocycles. The third-order valence-electron chi connectivity index (χ3n) is 3.29. The number of carbonyl (C=O) groups excluding carboxylic acids is 1. The van der Waals surface area contributed by atoms with Crippen LogP contribution >= 0.6 is 0 Å². The van der Waals surface area contributed by atoms with E-state index in [1.54, 1.807) is 0 Å². The monoisotopic (exact) mass is 314 g/mol. The first-order chi connectivity index (χ1) is 9.70. The molecule has 3 N–H and O–H groups in total. The Morgan fingerprint density at radius 2 is 2.00 bits per heavy atom. The summed E-state index contributed by atoms with van der Waals surface area (Å²) < 4.78 is 28.0. The molecule has 118 valence electrons. The van der Waals surface area contributed by atoms with Gasteiger partial charge >= 0.3 is 0 Å². The lowest BCUT2D eigenvalue weighted by atomic mass is 10.0. The van der Waals surface area contributed by atoms with E-state index >= 15 is 0 Å². The minimum Gasteiger partial charge on any atom is -0.495 e. The highest BCUT2D eigenvalue weighted by Crippen LogP contribution is 2.23. The van der Waals surface area contributed by atoms with Crippen LogP contribution in [-0.4, -0.2) is 27.5 Å². The fraction of sp³-hybridized carbons (Fsp3) is 0.500. The number of nitrogens with one attached hydrogen (secondary N) is 1. The van der Waals surface area contributed by atoms with Gasteiger partial charge in [-0.25, -0.2) is 13.6 Å². The SMILES string of the molecule is CCC(NC(=O)c1ccc(OC)c(S(N)(=O)=O)c1)C(C)C. The van der Waals surface area contributed by atoms with Crippen LogP contribution in [0.2, 0.25) is 0 Å². The molecule has 0 aliphatic carbocycles. The molecule has 1 amide bonds. The molecule has 0 fully saturated rings. The quantitative estimate of drug-likeness (QED) is 0.831. The predicted octanol–water partition coefficient (Wildman–Crippen LogP) is 1.51. The van der Waals surface area contributed by atoms with Crippen LogP contribution in [-0.2, 0) is 10.0 Å². The summed E-state index contributed by atoms with van der Waals surface area (Å²) in [6.45, 7) is 6.01. The molecule has 0 saturated heterocycles. The summed E-state index contributed by atoms with van der Waals surface area (Å²) in [4.78, 5) is 12.0. The Labute approximate surface area is 125 Å². The first-order valence-electron chi connectivity index (χ1n) is 6.72. The Morgan fingerprint density at radius 3 is 2.43 bits per heavy atom. The van der Waals surface area contributed by atoms with E-state index in [1.807, 2.05) is 20.8 Å². The predicted molar refractivity (Wildman–Crippen MR) is 80.8 cm³/mol. The average Bonchev–Trinajstić information content (AvgIpc) is 2.42. The largest absolute Gasteiger partial charge is 0.495 e. The first kappa shape index (κ1) is 17.5. The van der Waals surface area contributed by atoms with Crippen molar-refractivity contribution in [1.82, 2.24) is 5.32 Å². The average molecular weight is 314 g/mol. The fourth-order valence-electron chi connectivity index (χ4n) is 2.03. The number of primary sulfonamides is 1. The summed E-state index contributed by atoms with van der Waals surface area (Å²) in [5, 5.41) is 8.02. The van der Waals surface area contributed by atoms with Crippen LogP contribution in [0.3, 0.4) is 0 Å². The standard InChI is InChI=1S/C14H22N2O4S/c1-5-11(9(2)3)16-14(17)10-6-7-12(20-4)13(8-10)21(15,18)19/h6-9,11H,5H2,1-4H3,(H,16,17)(H2,15,18,19). The van der Waals surface area contributed by atoms with Gasteiger partial charge in [0.2, 0.25) is 10.0 Å². The molecule has 1 aromatic carbocycles. The van der Waals surface area contributed by atoms with E-state index in [0.717, 1.165) is 6.42 Å². The molecular weight excluding hydrogens is 292 g/mol. The number of amides is 1. The summed E-state index contributed by atoms with van der Waals surface area (Å²) in [6.07, 6.45) is 0.793. The van der Waals surface area contributed by atoms with Crippen LogP contribution in [0.4, 0.5) is 0 Å². The molecule has 0 heterocycles. The lowest BCUT2D eigenvalue weighted by molar-refractivity contribution is 0.0924. The highest BCUT2D eigenvalue weighted by Gasteiger charge is 2.20. The van der Waals surface area contributed by atoms with Crippen molar-refractivity contribution in [2.75, 3.05) is 7.11 Å². The van der Waals surface area contributed by atoms with Gasteiger partial charge in [-0.15, -0.1) is 0 Å². The molecule has 0 spiro atoms. The molecule has 21 heavy (non-hydrogen) atoms. The minimum absolute atomic E-state index is 0.0255. The van der Waals surface area contributed by atoms with Gasteiger partial charge in [-0.1, -0.05) is 20.8 Å². The van der Waals surface area contributed by atoms with E-state index in [1.165, 1.54) is 25.3 Å². The van der Waals surface area contributed by atoms with Crippen LogP contribution in [0.15, 0.2) is 23.1 Å². The topological polar surface area (TPSA) is 98.5 Å². The van der Waals surface area contributed by atoms with Gasteiger partial charge in [-0.2, -0.15) is 0 Å². The van der Waals surface area contributed by atoms with Crippen molar-refractivity contribution in [2.24, 2.45) is 11.1 Å². The summed E-state index contributed by atoms with van der Waals surface area (Å²) in [5.74, 6) is 0.0722. The first-order valence-corrected chi connectivity index (χ1v) is 8.27. The van der Waals surface area contributed by atoms with Crippen LogP contribution in [0, 0.1) is 5.92 Å². The van der Waals surface area contributed by atoms with Crippen molar-refractivity contribution < 1.29 is 17.9 Å². The number of rotatable bonds is 6. The molecule has 0 aliphatic rings. The highest BCUT2D eigenvalue weighted by molar-refractivity contribution is 7.89. The maximum absolute atomic E-state index is 12.2. The zero-order valence-corrected chi connectivity index (χ0v) is 13.5. The van der Waals surface area contributed by atoms with Gasteiger partial charge in [0, 0.05) is 11.6 Å². The molecule has 0 saturated carbocycles. The number of hydrogen-bond donors (Lipinski definition) is 2. The van der Waals surface area contributed by atoms with Gasteiger partial charge in [0.05, 0.1) is 7.11 Å². The smallest absolute Gasteiger partial charge is 0.251 e. The van der Waals surface area contributed by atoms with Crippen molar-refractivity contribution in [3.05, 3.63) is 23.8 Å². The lowest BCUT2D eigenvalue weighted by Gasteiger charge is -2.21. The summed E-state index contributed by atoms with van der Waals surface area (Å²) in [7, 11) is -2.61. The minimum atomic E-state index is -3.96. The van der Waals surface area contributed by atoms with Gasteiger partial charge in [0.25, 0.3) is 5.91 Å². The summed E-state index contributed by atoms with van der Waals surface area (Å²) in [6, 6.07) is 4.19. The molecule has 1 rings (SSSR count). The van der Waals surface area contributed by atoms with E-state index in [2.05, 4.69) is 5.32 Å². The Balaban J connectivity index is 3.12. The molecule has 1 aromatic rings. The summed E-state index contributed by atoms with van der Waals surface area (Å²) >= 11 is 0. The molecule has 1 atom stereocenters. The Bertz CT molecular complexity index is 611. The molecule has 1 unspecified atom stereocenters. The number of carbonyl (C=O) groups is 1. The van der Waals surface area contributed by atoms with E-state index in [9.17, 15) is 13.2 Å². The Morgan fingerprint density at radius 1 is 1.38 bits per heavy atom. The van der Waals surface area contributed by atoms with E-state index in [-0.39, 0.29) is 34.1 Å². The Kier molecular flexibility index (Phi) is 5.74. The molecule has 0 radical (unpaired) electrons. The van der Waals surface area contributed by atoms with Crippen LogP contribution < -0.4 is 15.2 Å².